The van der Waals surface area contributed by atoms with Gasteiger partial charge in [0, 0.05) is 6.54 Å². The molecule has 0 spiro atoms. The van der Waals surface area contributed by atoms with Gasteiger partial charge in [-0.05, 0) is 36.2 Å². The van der Waals surface area contributed by atoms with E-state index < -0.39 is 26.5 Å². The summed E-state index contributed by atoms with van der Waals surface area (Å²) in [5.41, 5.74) is 6.37. The molecule has 0 heterocycles. The van der Waals surface area contributed by atoms with Crippen LogP contribution in [0.4, 0.5) is 19.3 Å². The Hall–Kier alpha value is -2.68. The van der Waals surface area contributed by atoms with E-state index in [0.29, 0.717) is 18.7 Å². The van der Waals surface area contributed by atoms with Gasteiger partial charge in [0.15, 0.2) is 0 Å². The van der Waals surface area contributed by atoms with Gasteiger partial charge in [-0.15, -0.1) is 0 Å². The first-order valence-corrected chi connectivity index (χ1v) is 8.90. The minimum Gasteiger partial charge on any atom is -0.336 e. The van der Waals surface area contributed by atoms with Gasteiger partial charge in [-0.2, -0.15) is 8.78 Å². The first kappa shape index (κ1) is 18.7. The molecule has 6 nitrogen and oxygen atoms in total. The first-order valence-electron chi connectivity index (χ1n) is 7.35. The van der Waals surface area contributed by atoms with Gasteiger partial charge in [-0.1, -0.05) is 30.3 Å². The second-order valence-electron chi connectivity index (χ2n) is 5.07. The van der Waals surface area contributed by atoms with Crippen LogP contribution in [0.15, 0.2) is 59.5 Å². The molecule has 0 bridgehead atoms. The molecule has 25 heavy (non-hydrogen) atoms. The Morgan fingerprint density at radius 1 is 1.00 bits per heavy atom. The molecule has 0 aliphatic rings. The van der Waals surface area contributed by atoms with Crippen LogP contribution in [-0.4, -0.2) is 26.8 Å². The predicted molar refractivity (Wildman–Crippen MR) is 89.9 cm³/mol. The van der Waals surface area contributed by atoms with E-state index in [1.807, 2.05) is 30.3 Å². The zero-order valence-electron chi connectivity index (χ0n) is 13.1. The Morgan fingerprint density at radius 2 is 1.64 bits per heavy atom. The highest BCUT2D eigenvalue weighted by molar-refractivity contribution is 7.91. The SMILES string of the molecule is O=C(NCCc1ccccc1)NNc1ccc(S(=O)(=O)C(F)F)cc1. The zero-order valence-corrected chi connectivity index (χ0v) is 13.9. The summed E-state index contributed by atoms with van der Waals surface area (Å²) in [6.07, 6.45) is 0.675. The number of anilines is 1. The molecule has 2 amide bonds. The van der Waals surface area contributed by atoms with Crippen LogP contribution in [0.1, 0.15) is 5.56 Å². The third kappa shape index (κ3) is 5.42. The standard InChI is InChI=1S/C16H17F2N3O3S/c17-15(18)25(23,24)14-8-6-13(7-9-14)20-21-16(22)19-11-10-12-4-2-1-3-5-12/h1-9,15,20H,10-11H2,(H2,19,21,22). The van der Waals surface area contributed by atoms with Crippen molar-refractivity contribution in [2.45, 2.75) is 17.1 Å². The maximum absolute atomic E-state index is 12.4. The van der Waals surface area contributed by atoms with Gasteiger partial charge in [0.05, 0.1) is 10.6 Å². The number of hydrogen-bond donors (Lipinski definition) is 3. The van der Waals surface area contributed by atoms with E-state index in [0.717, 1.165) is 17.7 Å². The number of urea groups is 1. The van der Waals surface area contributed by atoms with Gasteiger partial charge < -0.3 is 5.32 Å². The van der Waals surface area contributed by atoms with E-state index in [9.17, 15) is 22.0 Å². The molecule has 0 aliphatic carbocycles. The van der Waals surface area contributed by atoms with Crippen molar-refractivity contribution in [1.82, 2.24) is 10.7 Å². The summed E-state index contributed by atoms with van der Waals surface area (Å²) in [6.45, 7) is 0.434. The van der Waals surface area contributed by atoms with Crippen molar-refractivity contribution in [2.24, 2.45) is 0 Å². The molecule has 2 rings (SSSR count). The van der Waals surface area contributed by atoms with Gasteiger partial charge >= 0.3 is 11.8 Å². The second-order valence-corrected chi connectivity index (χ2v) is 6.99. The Balaban J connectivity index is 1.78. The summed E-state index contributed by atoms with van der Waals surface area (Å²) in [6, 6.07) is 13.8. The molecule has 134 valence electrons. The highest BCUT2D eigenvalue weighted by atomic mass is 32.2. The molecule has 0 aliphatic heterocycles. The van der Waals surface area contributed by atoms with E-state index in [2.05, 4.69) is 16.2 Å². The number of rotatable bonds is 7. The van der Waals surface area contributed by atoms with Crippen molar-refractivity contribution in [2.75, 3.05) is 12.0 Å². The van der Waals surface area contributed by atoms with Gasteiger partial charge in [-0.25, -0.2) is 13.2 Å². The smallest absolute Gasteiger partial charge is 0.336 e. The van der Waals surface area contributed by atoms with E-state index in [-0.39, 0.29) is 0 Å². The number of alkyl halides is 2. The Labute approximate surface area is 144 Å². The average molecular weight is 369 g/mol. The molecule has 0 saturated carbocycles. The lowest BCUT2D eigenvalue weighted by Gasteiger charge is -2.10. The lowest BCUT2D eigenvalue weighted by Crippen LogP contribution is -2.39. The number of carbonyl (C=O) groups excluding carboxylic acids is 1. The molecule has 0 radical (unpaired) electrons. The van der Waals surface area contributed by atoms with Crippen LogP contribution in [0, 0.1) is 0 Å². The predicted octanol–water partition coefficient (Wildman–Crippen LogP) is 2.55. The fourth-order valence-electron chi connectivity index (χ4n) is 1.97. The van der Waals surface area contributed by atoms with Gasteiger partial charge in [0.25, 0.3) is 0 Å². The highest BCUT2D eigenvalue weighted by Gasteiger charge is 2.26. The number of hydrogen-bond acceptors (Lipinski definition) is 4. The third-order valence-electron chi connectivity index (χ3n) is 3.28. The summed E-state index contributed by atoms with van der Waals surface area (Å²) < 4.78 is 47.4. The lowest BCUT2D eigenvalue weighted by molar-refractivity contribution is 0.234. The van der Waals surface area contributed by atoms with Crippen molar-refractivity contribution in [3.63, 3.8) is 0 Å². The summed E-state index contributed by atoms with van der Waals surface area (Å²) in [5.74, 6) is -3.47. The topological polar surface area (TPSA) is 87.3 Å². The fourth-order valence-corrected chi connectivity index (χ4v) is 2.69. The van der Waals surface area contributed by atoms with Gasteiger partial charge in [0.2, 0.25) is 9.84 Å². The van der Waals surface area contributed by atoms with E-state index in [4.69, 9.17) is 0 Å². The van der Waals surface area contributed by atoms with Crippen LogP contribution in [-0.2, 0) is 16.3 Å². The molecule has 0 saturated heterocycles. The van der Waals surface area contributed by atoms with Crippen LogP contribution in [0.3, 0.4) is 0 Å². The summed E-state index contributed by atoms with van der Waals surface area (Å²) in [4.78, 5) is 11.2. The first-order chi connectivity index (χ1) is 11.9. The van der Waals surface area contributed by atoms with Crippen molar-refractivity contribution in [1.29, 1.82) is 0 Å². The molecule has 9 heteroatoms. The quantitative estimate of drug-likeness (QED) is 0.655. The van der Waals surface area contributed by atoms with Crippen LogP contribution < -0.4 is 16.2 Å². The molecular formula is C16H17F2N3O3S. The molecule has 0 atom stereocenters. The largest absolute Gasteiger partial charge is 0.341 e. The second kappa shape index (κ2) is 8.43. The third-order valence-corrected chi connectivity index (χ3v) is 4.68. The van der Waals surface area contributed by atoms with Gasteiger partial charge in [-0.3, -0.25) is 10.9 Å². The molecule has 2 aromatic rings. The molecule has 0 fully saturated rings. The summed E-state index contributed by atoms with van der Waals surface area (Å²) in [7, 11) is -4.62. The number of benzene rings is 2. The zero-order chi connectivity index (χ0) is 18.3. The minimum atomic E-state index is -4.62. The van der Waals surface area contributed by atoms with Gasteiger partial charge in [0.1, 0.15) is 0 Å². The van der Waals surface area contributed by atoms with Crippen LogP contribution >= 0.6 is 0 Å². The van der Waals surface area contributed by atoms with Crippen molar-refractivity contribution < 1.29 is 22.0 Å². The fraction of sp³-hybridized carbons (Fsp3) is 0.188. The van der Waals surface area contributed by atoms with Crippen molar-refractivity contribution >= 4 is 21.6 Å². The highest BCUT2D eigenvalue weighted by Crippen LogP contribution is 2.19. The van der Waals surface area contributed by atoms with Crippen LogP contribution in [0.5, 0.6) is 0 Å². The van der Waals surface area contributed by atoms with Crippen LogP contribution in [0.25, 0.3) is 0 Å². The number of carbonyl (C=O) groups is 1. The molecule has 0 aromatic heterocycles. The number of hydrazine groups is 1. The van der Waals surface area contributed by atoms with E-state index >= 15 is 0 Å². The maximum Gasteiger partial charge on any atom is 0.341 e. The van der Waals surface area contributed by atoms with Crippen molar-refractivity contribution in [3.8, 4) is 0 Å². The maximum atomic E-state index is 12.4. The number of halogens is 2. The Morgan fingerprint density at radius 3 is 2.24 bits per heavy atom. The Bertz CT molecular complexity index is 797. The number of nitrogens with one attached hydrogen (secondary N) is 3. The summed E-state index contributed by atoms with van der Waals surface area (Å²) >= 11 is 0. The molecular weight excluding hydrogens is 352 g/mol. The summed E-state index contributed by atoms with van der Waals surface area (Å²) in [5, 5.41) is 2.64. The Kier molecular flexibility index (Phi) is 6.29. The normalized spacial score (nSPS) is 11.2. The lowest BCUT2D eigenvalue weighted by atomic mass is 10.1. The molecule has 2 aromatic carbocycles. The minimum absolute atomic E-state index is 0.353. The van der Waals surface area contributed by atoms with E-state index in [1.54, 1.807) is 0 Å². The van der Waals surface area contributed by atoms with Crippen molar-refractivity contribution in [3.05, 3.63) is 60.2 Å². The molecule has 0 unspecified atom stereocenters. The number of sulfone groups is 1. The van der Waals surface area contributed by atoms with E-state index in [1.165, 1.54) is 12.1 Å². The monoisotopic (exact) mass is 369 g/mol. The van der Waals surface area contributed by atoms with Crippen LogP contribution in [0.2, 0.25) is 0 Å². The average Bonchev–Trinajstić information content (AvgIpc) is 2.61. The molecule has 3 N–H and O–H groups in total. The number of amides is 2.